The molecule has 0 aliphatic heterocycles. The molecule has 1 radical (unpaired) electrons. The summed E-state index contributed by atoms with van der Waals surface area (Å²) < 4.78 is 34.1. The average molecular weight is 239 g/mol. The largest absolute Gasteiger partial charge is 2.00 e. The minimum Gasteiger partial charge on any atom is -0.759 e. The van der Waals surface area contributed by atoms with E-state index in [1.807, 2.05) is 18.2 Å². The van der Waals surface area contributed by atoms with Crippen LogP contribution in [-0.4, -0.2) is 22.5 Å². The van der Waals surface area contributed by atoms with Crippen LogP contribution in [0.3, 0.4) is 0 Å². The Morgan fingerprint density at radius 2 is 1.33 bits per heavy atom. The van der Waals surface area contributed by atoms with Crippen LogP contribution in [0, 0.1) is 0 Å². The first-order chi connectivity index (χ1) is 5.00. The van der Waals surface area contributed by atoms with Crippen molar-refractivity contribution in [2.75, 3.05) is 0 Å². The monoisotopic (exact) mass is 238 g/mol. The van der Waals surface area contributed by atoms with Gasteiger partial charge in [0.2, 0.25) is 0 Å². The van der Waals surface area contributed by atoms with Gasteiger partial charge in [0, 0.05) is 22.8 Å². The molecule has 12 heavy (non-hydrogen) atoms. The minimum atomic E-state index is -5.17. The smallest absolute Gasteiger partial charge is 0.759 e. The quantitative estimate of drug-likeness (QED) is 0.353. The summed E-state index contributed by atoms with van der Waals surface area (Å²) in [6, 6.07) is 5.72. The fourth-order valence-corrected chi connectivity index (χ4v) is 0.313. The average Bonchev–Trinajstić information content (AvgIpc) is 1.88. The topological polar surface area (TPSA) is 93.2 Å². The normalized spacial score (nSPS) is 8.83. The van der Waals surface area contributed by atoms with E-state index in [-0.39, 0.29) is 17.1 Å². The molecule has 0 spiro atoms. The Morgan fingerprint density at radius 1 is 1.00 bits per heavy atom. The number of pyridine rings is 1. The zero-order valence-electron chi connectivity index (χ0n) is 5.68. The van der Waals surface area contributed by atoms with Crippen LogP contribution in [0.4, 0.5) is 0 Å². The van der Waals surface area contributed by atoms with E-state index in [2.05, 4.69) is 4.98 Å². The second-order valence-electron chi connectivity index (χ2n) is 1.43. The molecule has 0 N–H and O–H groups in total. The standard InChI is InChI=1S/C5H5N.Cu.H2O4S/c1-2-4-6-5-3-1;;1-5(2,3)4/h1-5H;;(H2,1,2,3,4)/q;+2;/p-2. The maximum absolute atomic E-state index is 8.52. The summed E-state index contributed by atoms with van der Waals surface area (Å²) in [5.74, 6) is 0. The van der Waals surface area contributed by atoms with E-state index >= 15 is 0 Å². The van der Waals surface area contributed by atoms with Crippen molar-refractivity contribution in [3.05, 3.63) is 30.6 Å². The summed E-state index contributed by atoms with van der Waals surface area (Å²) in [6.45, 7) is 0. The fourth-order valence-electron chi connectivity index (χ4n) is 0.313. The second kappa shape index (κ2) is 7.20. The Balaban J connectivity index is 0. The minimum absolute atomic E-state index is 0. The van der Waals surface area contributed by atoms with Crippen molar-refractivity contribution in [2.45, 2.75) is 0 Å². The molecule has 0 unspecified atom stereocenters. The van der Waals surface area contributed by atoms with Gasteiger partial charge in [0.15, 0.2) is 0 Å². The molecule has 0 bridgehead atoms. The van der Waals surface area contributed by atoms with Gasteiger partial charge >= 0.3 is 17.1 Å². The zero-order valence-corrected chi connectivity index (χ0v) is 7.43. The molecule has 0 aliphatic rings. The molecule has 1 rings (SSSR count). The first-order valence-corrected chi connectivity index (χ1v) is 3.85. The van der Waals surface area contributed by atoms with Gasteiger partial charge < -0.3 is 9.11 Å². The second-order valence-corrected chi connectivity index (χ2v) is 2.25. The fraction of sp³-hybridized carbons (Fsp3) is 0. The Labute approximate surface area is 80.9 Å². The third-order valence-electron chi connectivity index (χ3n) is 0.566. The molecule has 1 aromatic heterocycles. The van der Waals surface area contributed by atoms with Gasteiger partial charge in [-0.1, -0.05) is 6.07 Å². The van der Waals surface area contributed by atoms with Gasteiger partial charge in [-0.25, -0.2) is 0 Å². The summed E-state index contributed by atoms with van der Waals surface area (Å²) in [7, 11) is -5.17. The Morgan fingerprint density at radius 3 is 1.42 bits per heavy atom. The van der Waals surface area contributed by atoms with Gasteiger partial charge in [0.05, 0.1) is 0 Å². The van der Waals surface area contributed by atoms with Crippen LogP contribution in [-0.2, 0) is 27.5 Å². The molecular weight excluding hydrogens is 234 g/mol. The van der Waals surface area contributed by atoms with Gasteiger partial charge in [-0.05, 0) is 12.1 Å². The molecule has 1 aromatic rings. The number of hydrogen-bond donors (Lipinski definition) is 0. The van der Waals surface area contributed by atoms with Gasteiger partial charge in [-0.3, -0.25) is 13.4 Å². The summed E-state index contributed by atoms with van der Waals surface area (Å²) >= 11 is 0. The van der Waals surface area contributed by atoms with Crippen LogP contribution in [0.15, 0.2) is 30.6 Å². The molecule has 1 heterocycles. The van der Waals surface area contributed by atoms with Crippen LogP contribution >= 0.6 is 0 Å². The van der Waals surface area contributed by atoms with Gasteiger partial charge in [-0.15, -0.1) is 0 Å². The molecule has 71 valence electrons. The Hall–Kier alpha value is -0.461. The van der Waals surface area contributed by atoms with Crippen LogP contribution in [0.2, 0.25) is 0 Å². The maximum Gasteiger partial charge on any atom is 2.00 e. The van der Waals surface area contributed by atoms with Crippen molar-refractivity contribution in [3.63, 3.8) is 0 Å². The van der Waals surface area contributed by atoms with E-state index in [1.54, 1.807) is 12.4 Å². The van der Waals surface area contributed by atoms with E-state index in [9.17, 15) is 0 Å². The molecule has 0 fully saturated rings. The van der Waals surface area contributed by atoms with Crippen LogP contribution in [0.1, 0.15) is 0 Å². The predicted octanol–water partition coefficient (Wildman–Crippen LogP) is -0.259. The van der Waals surface area contributed by atoms with Gasteiger partial charge in [-0.2, -0.15) is 0 Å². The van der Waals surface area contributed by atoms with Crippen molar-refractivity contribution < 1.29 is 34.6 Å². The van der Waals surface area contributed by atoms with E-state index in [4.69, 9.17) is 17.5 Å². The molecule has 0 saturated carbocycles. The maximum atomic E-state index is 8.52. The van der Waals surface area contributed by atoms with E-state index in [0.717, 1.165) is 0 Å². The molecule has 7 heteroatoms. The molecule has 0 aliphatic carbocycles. The van der Waals surface area contributed by atoms with Gasteiger partial charge in [0.25, 0.3) is 0 Å². The number of nitrogens with zero attached hydrogens (tertiary/aromatic N) is 1. The number of aromatic nitrogens is 1. The van der Waals surface area contributed by atoms with E-state index in [0.29, 0.717) is 0 Å². The van der Waals surface area contributed by atoms with Crippen molar-refractivity contribution >= 4 is 10.4 Å². The molecule has 0 atom stereocenters. The summed E-state index contributed by atoms with van der Waals surface area (Å²) in [5.41, 5.74) is 0. The van der Waals surface area contributed by atoms with E-state index in [1.165, 1.54) is 0 Å². The van der Waals surface area contributed by atoms with Crippen LogP contribution in [0.25, 0.3) is 0 Å². The van der Waals surface area contributed by atoms with Crippen molar-refractivity contribution in [2.24, 2.45) is 0 Å². The van der Waals surface area contributed by atoms with Crippen LogP contribution in [0.5, 0.6) is 0 Å². The summed E-state index contributed by atoms with van der Waals surface area (Å²) in [6.07, 6.45) is 3.50. The zero-order chi connectivity index (χ0) is 8.74. The first kappa shape index (κ1) is 14.1. The first-order valence-electron chi connectivity index (χ1n) is 2.52. The molecule has 0 amide bonds. The Bertz CT molecular complexity index is 240. The van der Waals surface area contributed by atoms with Crippen LogP contribution < -0.4 is 0 Å². The number of rotatable bonds is 0. The van der Waals surface area contributed by atoms with Crippen molar-refractivity contribution in [1.82, 2.24) is 4.98 Å². The third-order valence-corrected chi connectivity index (χ3v) is 0.566. The predicted molar refractivity (Wildman–Crippen MR) is 34.7 cm³/mol. The third kappa shape index (κ3) is 22.7. The summed E-state index contributed by atoms with van der Waals surface area (Å²) in [4.78, 5) is 3.78. The van der Waals surface area contributed by atoms with Gasteiger partial charge in [0.1, 0.15) is 0 Å². The van der Waals surface area contributed by atoms with Crippen molar-refractivity contribution in [1.29, 1.82) is 0 Å². The SMILES string of the molecule is O=S(=O)([O-])[O-].[Cu+2].c1ccncc1. The molecule has 0 aromatic carbocycles. The molecule has 5 nitrogen and oxygen atoms in total. The Kier molecular flexibility index (Phi) is 8.45. The van der Waals surface area contributed by atoms with Crippen molar-refractivity contribution in [3.8, 4) is 0 Å². The molecule has 0 saturated heterocycles. The number of hydrogen-bond acceptors (Lipinski definition) is 5. The summed E-state index contributed by atoms with van der Waals surface area (Å²) in [5, 5.41) is 0. The van der Waals surface area contributed by atoms with E-state index < -0.39 is 10.4 Å². The molecular formula is C5H5CuNO4S.